The van der Waals surface area contributed by atoms with Crippen molar-refractivity contribution in [3.63, 3.8) is 0 Å². The fourth-order valence-corrected chi connectivity index (χ4v) is 3.46. The Kier molecular flexibility index (Phi) is 7.36. The Morgan fingerprint density at radius 3 is 2.83 bits per heavy atom. The predicted molar refractivity (Wildman–Crippen MR) is 138 cm³/mol. The summed E-state index contributed by atoms with van der Waals surface area (Å²) in [5.74, 6) is -0.0725. The topological polar surface area (TPSA) is 112 Å². The van der Waals surface area contributed by atoms with E-state index in [2.05, 4.69) is 32.2 Å². The largest absolute Gasteiger partial charge is 0.490 e. The van der Waals surface area contributed by atoms with E-state index < -0.39 is 5.82 Å². The van der Waals surface area contributed by atoms with Crippen LogP contribution in [-0.2, 0) is 4.79 Å². The number of halogens is 1. The van der Waals surface area contributed by atoms with Gasteiger partial charge in [-0.3, -0.25) is 9.59 Å². The van der Waals surface area contributed by atoms with Crippen LogP contribution in [0.2, 0.25) is 0 Å². The van der Waals surface area contributed by atoms with Crippen molar-refractivity contribution in [1.82, 2.24) is 19.9 Å². The van der Waals surface area contributed by atoms with E-state index in [0.717, 1.165) is 0 Å². The lowest BCUT2D eigenvalue weighted by atomic mass is 10.1. The van der Waals surface area contributed by atoms with Gasteiger partial charge in [0.2, 0.25) is 11.9 Å². The van der Waals surface area contributed by atoms with Crippen LogP contribution in [0.15, 0.2) is 72.3 Å². The average molecular weight is 489 g/mol. The Morgan fingerprint density at radius 2 is 2.08 bits per heavy atom. The number of pyridine rings is 1. The van der Waals surface area contributed by atoms with Crippen molar-refractivity contribution in [2.45, 2.75) is 0 Å². The maximum absolute atomic E-state index is 13.8. The number of hydrogen-bond acceptors (Lipinski definition) is 7. The molecule has 2 aromatic heterocycles. The summed E-state index contributed by atoms with van der Waals surface area (Å²) in [6.07, 6.45) is 4.08. The predicted octanol–water partition coefficient (Wildman–Crippen LogP) is 3.93. The van der Waals surface area contributed by atoms with Crippen LogP contribution in [-0.4, -0.2) is 53.0 Å². The molecule has 0 aliphatic heterocycles. The molecule has 0 aliphatic carbocycles. The molecule has 0 spiro atoms. The number of nitrogens with one attached hydrogen (secondary N) is 3. The number of amides is 1. The molecule has 0 fully saturated rings. The second kappa shape index (κ2) is 10.8. The van der Waals surface area contributed by atoms with Crippen molar-refractivity contribution in [1.29, 1.82) is 0 Å². The first-order valence-corrected chi connectivity index (χ1v) is 11.1. The van der Waals surface area contributed by atoms with Crippen molar-refractivity contribution in [2.75, 3.05) is 37.9 Å². The van der Waals surface area contributed by atoms with E-state index in [4.69, 9.17) is 4.74 Å². The highest BCUT2D eigenvalue weighted by Gasteiger charge is 2.13. The molecule has 0 atom stereocenters. The molecule has 2 heterocycles. The van der Waals surface area contributed by atoms with Gasteiger partial charge in [0, 0.05) is 30.2 Å². The highest BCUT2D eigenvalue weighted by Crippen LogP contribution is 2.30. The first-order chi connectivity index (χ1) is 17.3. The summed E-state index contributed by atoms with van der Waals surface area (Å²) >= 11 is 0. The maximum Gasteiger partial charge on any atom is 0.259 e. The number of ether oxygens (including phenoxy) is 1. The fourth-order valence-electron chi connectivity index (χ4n) is 3.46. The van der Waals surface area contributed by atoms with E-state index >= 15 is 0 Å². The standard InChI is InChI=1S/C26H25FN6O3/c1-4-23(34)31-21-13-18(8-9-22(21)36-11-10-33(2)3)30-26-29-15-20-24(32-26)19(14-28-25(20)35)16-6-5-7-17(27)12-16/h4-9,12-15H,1,10-11H2,2-3H3,(H,28,35)(H,31,34)(H,29,30,32). The first kappa shape index (κ1) is 24.6. The Labute approximate surface area is 206 Å². The van der Waals surface area contributed by atoms with E-state index in [-0.39, 0.29) is 22.8 Å². The van der Waals surface area contributed by atoms with Crippen LogP contribution in [0.5, 0.6) is 5.75 Å². The summed E-state index contributed by atoms with van der Waals surface area (Å²) in [5.41, 5.74) is 2.15. The number of hydrogen-bond donors (Lipinski definition) is 3. The average Bonchev–Trinajstić information content (AvgIpc) is 2.85. The van der Waals surface area contributed by atoms with Gasteiger partial charge < -0.3 is 25.3 Å². The number of likely N-dealkylation sites (N-methyl/N-ethyl adjacent to an activating group) is 1. The number of carbonyl (C=O) groups excluding carboxylic acids is 1. The maximum atomic E-state index is 13.8. The highest BCUT2D eigenvalue weighted by atomic mass is 19.1. The van der Waals surface area contributed by atoms with Crippen molar-refractivity contribution in [2.24, 2.45) is 0 Å². The van der Waals surface area contributed by atoms with Crippen molar-refractivity contribution < 1.29 is 13.9 Å². The zero-order chi connectivity index (χ0) is 25.7. The third kappa shape index (κ3) is 5.73. The van der Waals surface area contributed by atoms with Gasteiger partial charge >= 0.3 is 0 Å². The number of H-pyrrole nitrogens is 1. The van der Waals surface area contributed by atoms with Gasteiger partial charge in [-0.15, -0.1) is 0 Å². The van der Waals surface area contributed by atoms with Crippen molar-refractivity contribution in [3.05, 3.63) is 83.7 Å². The lowest BCUT2D eigenvalue weighted by Gasteiger charge is -2.16. The molecule has 4 rings (SSSR count). The highest BCUT2D eigenvalue weighted by molar-refractivity contribution is 6.00. The number of carbonyl (C=O) groups is 1. The summed E-state index contributed by atoms with van der Waals surface area (Å²) in [6, 6.07) is 11.2. The second-order valence-corrected chi connectivity index (χ2v) is 8.18. The van der Waals surface area contributed by atoms with Crippen LogP contribution >= 0.6 is 0 Å². The van der Waals surface area contributed by atoms with E-state index in [1.54, 1.807) is 30.3 Å². The number of nitrogens with zero attached hydrogens (tertiary/aromatic N) is 3. The molecule has 2 aromatic carbocycles. The summed E-state index contributed by atoms with van der Waals surface area (Å²) in [4.78, 5) is 37.7. The van der Waals surface area contributed by atoms with Crippen LogP contribution in [0.25, 0.3) is 22.0 Å². The number of fused-ring (bicyclic) bond motifs is 1. The van der Waals surface area contributed by atoms with Crippen LogP contribution < -0.4 is 20.9 Å². The van der Waals surface area contributed by atoms with Gasteiger partial charge in [0.05, 0.1) is 16.6 Å². The van der Waals surface area contributed by atoms with Gasteiger partial charge in [0.15, 0.2) is 0 Å². The molecule has 36 heavy (non-hydrogen) atoms. The van der Waals surface area contributed by atoms with Crippen LogP contribution in [0, 0.1) is 5.82 Å². The van der Waals surface area contributed by atoms with E-state index in [1.807, 2.05) is 19.0 Å². The Balaban J connectivity index is 1.68. The molecule has 4 aromatic rings. The monoisotopic (exact) mass is 488 g/mol. The summed E-state index contributed by atoms with van der Waals surface area (Å²) < 4.78 is 19.7. The van der Waals surface area contributed by atoms with Gasteiger partial charge in [-0.1, -0.05) is 18.7 Å². The Hall–Kier alpha value is -4.57. The van der Waals surface area contributed by atoms with Gasteiger partial charge in [-0.25, -0.2) is 14.4 Å². The lowest BCUT2D eigenvalue weighted by molar-refractivity contribution is -0.111. The molecule has 0 saturated carbocycles. The zero-order valence-electron chi connectivity index (χ0n) is 19.8. The molecule has 0 aliphatic rings. The van der Waals surface area contributed by atoms with Crippen LogP contribution in [0.1, 0.15) is 0 Å². The molecule has 0 unspecified atom stereocenters. The normalized spacial score (nSPS) is 10.9. The molecule has 10 heteroatoms. The van der Waals surface area contributed by atoms with E-state index in [1.165, 1.54) is 30.6 Å². The molecule has 0 bridgehead atoms. The summed E-state index contributed by atoms with van der Waals surface area (Å²) in [6.45, 7) is 4.62. The molecular formula is C26H25FN6O3. The van der Waals surface area contributed by atoms with Gasteiger partial charge in [0.25, 0.3) is 5.56 Å². The third-order valence-corrected chi connectivity index (χ3v) is 5.25. The van der Waals surface area contributed by atoms with Crippen molar-refractivity contribution in [3.8, 4) is 16.9 Å². The smallest absolute Gasteiger partial charge is 0.259 e. The van der Waals surface area contributed by atoms with Gasteiger partial charge in [0.1, 0.15) is 18.2 Å². The minimum Gasteiger partial charge on any atom is -0.490 e. The zero-order valence-corrected chi connectivity index (χ0v) is 19.8. The SMILES string of the molecule is C=CC(=O)Nc1cc(Nc2ncc3c(=O)[nH]cc(-c4cccc(F)c4)c3n2)ccc1OCCN(C)C. The van der Waals surface area contributed by atoms with Gasteiger partial charge in [-0.05, 0) is 56.1 Å². The quantitative estimate of drug-likeness (QED) is 0.306. The van der Waals surface area contributed by atoms with Gasteiger partial charge in [-0.2, -0.15) is 0 Å². The Morgan fingerprint density at radius 1 is 1.25 bits per heavy atom. The molecule has 0 saturated heterocycles. The molecule has 0 radical (unpaired) electrons. The minimum absolute atomic E-state index is 0.216. The number of anilines is 3. The number of benzene rings is 2. The summed E-state index contributed by atoms with van der Waals surface area (Å²) in [5, 5.41) is 6.10. The van der Waals surface area contributed by atoms with E-state index in [0.29, 0.717) is 46.9 Å². The first-order valence-electron chi connectivity index (χ1n) is 11.1. The third-order valence-electron chi connectivity index (χ3n) is 5.25. The molecule has 9 nitrogen and oxygen atoms in total. The molecule has 1 amide bonds. The summed E-state index contributed by atoms with van der Waals surface area (Å²) in [7, 11) is 3.88. The van der Waals surface area contributed by atoms with Crippen LogP contribution in [0.4, 0.5) is 21.7 Å². The number of aromatic nitrogens is 3. The van der Waals surface area contributed by atoms with Crippen LogP contribution in [0.3, 0.4) is 0 Å². The fraction of sp³-hybridized carbons (Fsp3) is 0.154. The molecule has 184 valence electrons. The number of rotatable bonds is 9. The number of aromatic amines is 1. The Bertz CT molecular complexity index is 1480. The van der Waals surface area contributed by atoms with Crippen molar-refractivity contribution >= 4 is 34.1 Å². The molecule has 3 N–H and O–H groups in total. The van der Waals surface area contributed by atoms with E-state index in [9.17, 15) is 14.0 Å². The molecular weight excluding hydrogens is 463 g/mol. The minimum atomic E-state index is -0.402. The lowest BCUT2D eigenvalue weighted by Crippen LogP contribution is -2.20. The second-order valence-electron chi connectivity index (χ2n) is 8.18.